The molecule has 0 heterocycles. The summed E-state index contributed by atoms with van der Waals surface area (Å²) >= 11 is 0. The third-order valence-corrected chi connectivity index (χ3v) is 6.82. The summed E-state index contributed by atoms with van der Waals surface area (Å²) in [6.45, 7) is 4.46. The van der Waals surface area contributed by atoms with Gasteiger partial charge >= 0.3 is 5.97 Å². The minimum atomic E-state index is -0.561. The third kappa shape index (κ3) is 2.11. The molecule has 3 rings (SSSR count). The molecule has 0 amide bonds. The maximum atomic E-state index is 11.5. The lowest BCUT2D eigenvalue weighted by Gasteiger charge is -2.55. The summed E-state index contributed by atoms with van der Waals surface area (Å²) in [4.78, 5) is 11.5. The molecule has 19 heavy (non-hydrogen) atoms. The molecule has 0 aromatic heterocycles. The number of hydrogen-bond donors (Lipinski definition) is 1. The normalized spacial score (nSPS) is 45.1. The van der Waals surface area contributed by atoms with Crippen molar-refractivity contribution in [2.24, 2.45) is 35.0 Å². The first-order valence-corrected chi connectivity index (χ1v) is 8.24. The largest absolute Gasteiger partial charge is 0.481 e. The average molecular weight is 264 g/mol. The third-order valence-electron chi connectivity index (χ3n) is 6.82. The number of carboxylic acids is 1. The monoisotopic (exact) mass is 264 g/mol. The summed E-state index contributed by atoms with van der Waals surface area (Å²) in [5, 5.41) is 9.50. The van der Waals surface area contributed by atoms with E-state index in [2.05, 4.69) is 13.8 Å². The van der Waals surface area contributed by atoms with Gasteiger partial charge in [-0.25, -0.2) is 0 Å². The fourth-order valence-electron chi connectivity index (χ4n) is 5.83. The molecule has 5 unspecified atom stereocenters. The molecule has 3 aliphatic carbocycles. The summed E-state index contributed by atoms with van der Waals surface area (Å²) in [6, 6.07) is 0. The Hall–Kier alpha value is -0.530. The number of carboxylic acid groups (broad SMARTS) is 1. The topological polar surface area (TPSA) is 37.3 Å². The van der Waals surface area contributed by atoms with E-state index in [0.29, 0.717) is 5.92 Å². The van der Waals surface area contributed by atoms with Gasteiger partial charge in [-0.3, -0.25) is 4.79 Å². The van der Waals surface area contributed by atoms with E-state index in [4.69, 9.17) is 0 Å². The van der Waals surface area contributed by atoms with Gasteiger partial charge in [0.2, 0.25) is 0 Å². The van der Waals surface area contributed by atoms with Crippen LogP contribution in [-0.2, 0) is 4.79 Å². The molecule has 0 saturated heterocycles. The Bertz CT molecular complexity index is 360. The van der Waals surface area contributed by atoms with Crippen LogP contribution in [-0.4, -0.2) is 11.1 Å². The first-order valence-electron chi connectivity index (χ1n) is 8.24. The fourth-order valence-corrected chi connectivity index (χ4v) is 5.83. The smallest absolute Gasteiger partial charge is 0.307 e. The van der Waals surface area contributed by atoms with Crippen LogP contribution in [0.15, 0.2) is 0 Å². The van der Waals surface area contributed by atoms with E-state index in [-0.39, 0.29) is 11.3 Å². The van der Waals surface area contributed by atoms with Crippen molar-refractivity contribution in [1.29, 1.82) is 0 Å². The summed E-state index contributed by atoms with van der Waals surface area (Å²) in [7, 11) is 0. The standard InChI is InChI=1S/C17H28O2/c1-17(2)14-9-7-11-5-3-4-6-12(11)13(14)8-10-15(17)16(18)19/h11-15H,3-10H2,1-2H3,(H,18,19). The first kappa shape index (κ1) is 13.5. The van der Waals surface area contributed by atoms with E-state index in [9.17, 15) is 9.90 Å². The van der Waals surface area contributed by atoms with E-state index in [1.54, 1.807) is 0 Å². The van der Waals surface area contributed by atoms with Crippen LogP contribution < -0.4 is 0 Å². The molecule has 2 heteroatoms. The van der Waals surface area contributed by atoms with Crippen molar-refractivity contribution in [1.82, 2.24) is 0 Å². The Morgan fingerprint density at radius 1 is 0.947 bits per heavy atom. The van der Waals surface area contributed by atoms with Crippen molar-refractivity contribution in [2.45, 2.75) is 65.2 Å². The second-order valence-electron chi connectivity index (χ2n) is 7.85. The predicted molar refractivity (Wildman–Crippen MR) is 75.8 cm³/mol. The van der Waals surface area contributed by atoms with Crippen molar-refractivity contribution in [3.05, 3.63) is 0 Å². The second kappa shape index (κ2) is 4.79. The van der Waals surface area contributed by atoms with Gasteiger partial charge in [0.15, 0.2) is 0 Å². The Morgan fingerprint density at radius 2 is 1.68 bits per heavy atom. The van der Waals surface area contributed by atoms with Gasteiger partial charge in [0.25, 0.3) is 0 Å². The van der Waals surface area contributed by atoms with E-state index in [1.807, 2.05) is 0 Å². The molecule has 0 aromatic carbocycles. The maximum absolute atomic E-state index is 11.5. The Kier molecular flexibility index (Phi) is 3.39. The van der Waals surface area contributed by atoms with Crippen molar-refractivity contribution >= 4 is 5.97 Å². The number of fused-ring (bicyclic) bond motifs is 3. The zero-order chi connectivity index (χ0) is 13.6. The molecule has 0 aliphatic heterocycles. The number of hydrogen-bond acceptors (Lipinski definition) is 1. The van der Waals surface area contributed by atoms with E-state index in [0.717, 1.165) is 24.2 Å². The quantitative estimate of drug-likeness (QED) is 0.765. The van der Waals surface area contributed by atoms with Crippen LogP contribution in [0.5, 0.6) is 0 Å². The molecular formula is C17H28O2. The molecule has 0 aromatic rings. The van der Waals surface area contributed by atoms with Gasteiger partial charge in [-0.1, -0.05) is 33.1 Å². The predicted octanol–water partition coefficient (Wildman–Crippen LogP) is 4.34. The zero-order valence-corrected chi connectivity index (χ0v) is 12.4. The van der Waals surface area contributed by atoms with Crippen molar-refractivity contribution in [3.63, 3.8) is 0 Å². The molecule has 0 radical (unpaired) electrons. The fraction of sp³-hybridized carbons (Fsp3) is 0.941. The van der Waals surface area contributed by atoms with Gasteiger partial charge in [-0.2, -0.15) is 0 Å². The molecule has 108 valence electrons. The summed E-state index contributed by atoms with van der Waals surface area (Å²) < 4.78 is 0. The summed E-state index contributed by atoms with van der Waals surface area (Å²) in [6.07, 6.45) is 10.4. The highest BCUT2D eigenvalue weighted by molar-refractivity contribution is 5.71. The molecule has 3 aliphatic rings. The molecule has 1 N–H and O–H groups in total. The number of aliphatic carboxylic acids is 1. The van der Waals surface area contributed by atoms with E-state index < -0.39 is 5.97 Å². The van der Waals surface area contributed by atoms with E-state index in [1.165, 1.54) is 44.9 Å². The average Bonchev–Trinajstić information content (AvgIpc) is 2.37. The molecular weight excluding hydrogens is 236 g/mol. The van der Waals surface area contributed by atoms with Crippen LogP contribution in [0, 0.1) is 35.0 Å². The minimum Gasteiger partial charge on any atom is -0.481 e. The number of carbonyl (C=O) groups is 1. The second-order valence-corrected chi connectivity index (χ2v) is 7.85. The van der Waals surface area contributed by atoms with Crippen molar-refractivity contribution < 1.29 is 9.90 Å². The molecule has 0 spiro atoms. The highest BCUT2D eigenvalue weighted by Crippen LogP contribution is 2.58. The molecule has 5 atom stereocenters. The van der Waals surface area contributed by atoms with Crippen molar-refractivity contribution in [3.8, 4) is 0 Å². The van der Waals surface area contributed by atoms with Gasteiger partial charge in [0.1, 0.15) is 0 Å². The lowest BCUT2D eigenvalue weighted by molar-refractivity contribution is -0.156. The Labute approximate surface area is 117 Å². The van der Waals surface area contributed by atoms with Crippen LogP contribution in [0.25, 0.3) is 0 Å². The SMILES string of the molecule is CC1(C)C(C(=O)O)CCC2C3CCCCC3CCC21. The molecule has 3 saturated carbocycles. The summed E-state index contributed by atoms with van der Waals surface area (Å²) in [5.74, 6) is 2.68. The number of rotatable bonds is 1. The Balaban J connectivity index is 1.83. The molecule has 2 nitrogen and oxygen atoms in total. The highest BCUT2D eigenvalue weighted by atomic mass is 16.4. The first-order chi connectivity index (χ1) is 9.01. The van der Waals surface area contributed by atoms with Gasteiger partial charge in [-0.15, -0.1) is 0 Å². The van der Waals surface area contributed by atoms with Gasteiger partial charge in [0, 0.05) is 0 Å². The minimum absolute atomic E-state index is 0.00281. The highest BCUT2D eigenvalue weighted by Gasteiger charge is 2.52. The van der Waals surface area contributed by atoms with Crippen LogP contribution in [0.4, 0.5) is 0 Å². The van der Waals surface area contributed by atoms with Crippen LogP contribution in [0.1, 0.15) is 65.2 Å². The summed E-state index contributed by atoms with van der Waals surface area (Å²) in [5.41, 5.74) is -0.00281. The van der Waals surface area contributed by atoms with Gasteiger partial charge in [-0.05, 0) is 61.2 Å². The maximum Gasteiger partial charge on any atom is 0.307 e. The van der Waals surface area contributed by atoms with Gasteiger partial charge in [0.05, 0.1) is 5.92 Å². The van der Waals surface area contributed by atoms with Crippen LogP contribution in [0.2, 0.25) is 0 Å². The lowest BCUT2D eigenvalue weighted by atomic mass is 9.49. The zero-order valence-electron chi connectivity index (χ0n) is 12.4. The molecule has 3 fully saturated rings. The van der Waals surface area contributed by atoms with Crippen molar-refractivity contribution in [2.75, 3.05) is 0 Å². The van der Waals surface area contributed by atoms with E-state index >= 15 is 0 Å². The van der Waals surface area contributed by atoms with Crippen LogP contribution in [0.3, 0.4) is 0 Å². The van der Waals surface area contributed by atoms with Crippen LogP contribution >= 0.6 is 0 Å². The lowest BCUT2D eigenvalue weighted by Crippen LogP contribution is -2.50. The molecule has 0 bridgehead atoms. The Morgan fingerprint density at radius 3 is 2.42 bits per heavy atom. The van der Waals surface area contributed by atoms with Gasteiger partial charge < -0.3 is 5.11 Å².